The van der Waals surface area contributed by atoms with Gasteiger partial charge in [0.05, 0.1) is 11.2 Å². The third-order valence-corrected chi connectivity index (χ3v) is 11.5. The van der Waals surface area contributed by atoms with E-state index in [9.17, 15) is 4.79 Å². The van der Waals surface area contributed by atoms with Crippen LogP contribution >= 0.6 is 0 Å². The van der Waals surface area contributed by atoms with E-state index in [1.807, 2.05) is 0 Å². The Morgan fingerprint density at radius 1 is 1.29 bits per heavy atom. The number of nitrogens with one attached hydrogen (secondary N) is 1. The van der Waals surface area contributed by atoms with Crippen LogP contribution in [-0.2, 0) is 37.1 Å². The van der Waals surface area contributed by atoms with Crippen LogP contribution in [0.2, 0.25) is 18.1 Å². The van der Waals surface area contributed by atoms with Crippen LogP contribution in [0.5, 0.6) is 5.88 Å². The molecule has 0 saturated heterocycles. The van der Waals surface area contributed by atoms with Gasteiger partial charge in [-0.2, -0.15) is 0 Å². The topological polar surface area (TPSA) is 64.2 Å². The summed E-state index contributed by atoms with van der Waals surface area (Å²) in [5.74, 6) is 0.830. The third-order valence-electron chi connectivity index (χ3n) is 6.85. The van der Waals surface area contributed by atoms with E-state index in [1.54, 1.807) is 0 Å². The van der Waals surface area contributed by atoms with Crippen LogP contribution in [0.15, 0.2) is 4.79 Å². The first-order chi connectivity index (χ1) is 11.8. The average Bonchev–Trinajstić information content (AvgIpc) is 2.43. The van der Waals surface area contributed by atoms with Crippen molar-refractivity contribution >= 4 is 8.32 Å². The molecule has 7 heteroatoms. The quantitative estimate of drug-likeness (QED) is 0.485. The van der Waals surface area contributed by atoms with Gasteiger partial charge in [0, 0.05) is 45.0 Å². The first kappa shape index (κ1) is 26.0. The molecule has 0 amide bonds. The van der Waals surface area contributed by atoms with E-state index in [1.165, 1.54) is 0 Å². The number of ether oxygens (including phenoxy) is 1. The van der Waals surface area contributed by atoms with Crippen LogP contribution < -0.4 is 10.3 Å². The molecule has 1 saturated carbocycles. The van der Waals surface area contributed by atoms with Gasteiger partial charge in [-0.15, -0.1) is 0 Å². The Hall–Kier alpha value is -0.0392. The molecule has 1 aliphatic carbocycles. The molecule has 2 heterocycles. The van der Waals surface area contributed by atoms with Crippen molar-refractivity contribution in [2.24, 2.45) is 5.92 Å². The van der Waals surface area contributed by atoms with E-state index in [4.69, 9.17) is 9.16 Å². The van der Waals surface area contributed by atoms with Crippen LogP contribution in [0.4, 0.5) is 0 Å². The molecule has 2 aliphatic rings. The summed E-state index contributed by atoms with van der Waals surface area (Å²) in [6.07, 6.45) is 5.38. The van der Waals surface area contributed by atoms with Crippen molar-refractivity contribution in [3.63, 3.8) is 0 Å². The normalized spacial score (nSPS) is 28.7. The van der Waals surface area contributed by atoms with Gasteiger partial charge in [0.1, 0.15) is 11.4 Å². The van der Waals surface area contributed by atoms with Gasteiger partial charge in [0.2, 0.25) is 0 Å². The van der Waals surface area contributed by atoms with E-state index in [-0.39, 0.29) is 73.8 Å². The predicted molar refractivity (Wildman–Crippen MR) is 112 cm³/mol. The molecule has 28 heavy (non-hydrogen) atoms. The summed E-state index contributed by atoms with van der Waals surface area (Å²) in [4.78, 5) is 19.4. The number of nitrogens with zero attached hydrogens (tertiary/aromatic N) is 1. The smallest absolute Gasteiger partial charge is 0.192 e. The zero-order chi connectivity index (χ0) is 19.5. The van der Waals surface area contributed by atoms with E-state index in [0.717, 1.165) is 19.3 Å². The van der Waals surface area contributed by atoms with E-state index >= 15 is 0 Å². The van der Waals surface area contributed by atoms with Gasteiger partial charge < -0.3 is 31.4 Å². The van der Waals surface area contributed by atoms with Gasteiger partial charge >= 0.3 is 0 Å². The Morgan fingerprint density at radius 2 is 1.89 bits per heavy atom. The Balaban J connectivity index is 0.00000196. The van der Waals surface area contributed by atoms with Gasteiger partial charge in [-0.05, 0) is 69.6 Å². The number of aromatic amines is 1. The molecule has 0 aromatic carbocycles. The molecule has 1 N–H and O–H groups in total. The predicted octanol–water partition coefficient (Wildman–Crippen LogP) is 4.85. The largest absolute Gasteiger partial charge is 0.529 e. The summed E-state index contributed by atoms with van der Waals surface area (Å²) in [5, 5.41) is 0.160. The van der Waals surface area contributed by atoms with Gasteiger partial charge in [-0.1, -0.05) is 20.8 Å². The molecule has 0 bridgehead atoms. The molecule has 0 spiro atoms. The Kier molecular flexibility index (Phi) is 7.65. The number of hydrogen-bond acceptors (Lipinski definition) is 4. The molecule has 5 nitrogen and oxygen atoms in total. The zero-order valence-corrected chi connectivity index (χ0v) is 22.9. The van der Waals surface area contributed by atoms with Crippen molar-refractivity contribution in [3.05, 3.63) is 29.7 Å². The maximum absolute atomic E-state index is 12.5. The third kappa shape index (κ3) is 4.65. The van der Waals surface area contributed by atoms with Crippen LogP contribution in [0.1, 0.15) is 72.3 Å². The molecular formula is C21H36N2O3SiY-2. The summed E-state index contributed by atoms with van der Waals surface area (Å²) in [7, 11) is -1.90. The molecular weight excluding hydrogens is 445 g/mol. The van der Waals surface area contributed by atoms with Gasteiger partial charge in [0.15, 0.2) is 8.32 Å². The summed E-state index contributed by atoms with van der Waals surface area (Å²) in [6.45, 7) is 17.8. The number of fused-ring (bicyclic) bond motifs is 3. The average molecular weight is 482 g/mol. The van der Waals surface area contributed by atoms with Gasteiger partial charge in [-0.25, -0.2) is 0 Å². The second-order valence-corrected chi connectivity index (χ2v) is 15.1. The molecule has 1 aromatic rings. The fourth-order valence-corrected chi connectivity index (χ4v) is 6.18. The maximum atomic E-state index is 12.5. The fourth-order valence-electron chi connectivity index (χ4n) is 4.45. The minimum absolute atomic E-state index is 0. The number of H-pyrrole nitrogens is 1. The molecule has 3 unspecified atom stereocenters. The second kappa shape index (κ2) is 8.24. The number of hydrogen-bond donors (Lipinski definition) is 1. The molecule has 3 rings (SSSR count). The van der Waals surface area contributed by atoms with Crippen LogP contribution in [0, 0.1) is 19.7 Å². The second-order valence-electron chi connectivity index (χ2n) is 10.4. The Bertz CT molecular complexity index is 757. The van der Waals surface area contributed by atoms with Crippen LogP contribution in [0.25, 0.3) is 0 Å². The minimum atomic E-state index is -1.90. The van der Waals surface area contributed by atoms with Gasteiger partial charge in [-0.3, -0.25) is 0 Å². The standard InChI is InChI=1S/C20H33N2O3Si.CH3.Y/c1-18(2,3)26(7,8)25-20(6)10-9-14-13(11-20)15-16(23)21-12-22-17(15)24-19(14,4)5;;/h13-14H,9-11H2,1-8H3,(H,21,22,23);1H3;/q2*-1;. The Morgan fingerprint density at radius 3 is 2.46 bits per heavy atom. The van der Waals surface area contributed by atoms with Crippen molar-refractivity contribution in [1.29, 1.82) is 0 Å². The first-order valence-corrected chi connectivity index (χ1v) is 12.6. The van der Waals surface area contributed by atoms with E-state index in [0.29, 0.717) is 11.4 Å². The van der Waals surface area contributed by atoms with Crippen molar-refractivity contribution in [1.82, 2.24) is 9.97 Å². The van der Waals surface area contributed by atoms with E-state index < -0.39 is 8.32 Å². The summed E-state index contributed by atoms with van der Waals surface area (Å²) >= 11 is 0. The van der Waals surface area contributed by atoms with Crippen molar-refractivity contribution in [2.45, 2.75) is 96.1 Å². The van der Waals surface area contributed by atoms with E-state index in [2.05, 4.69) is 70.9 Å². The zero-order valence-electron chi connectivity index (χ0n) is 19.0. The minimum Gasteiger partial charge on any atom is -0.529 e. The van der Waals surface area contributed by atoms with Crippen molar-refractivity contribution in [2.75, 3.05) is 0 Å². The SMILES string of the molecule is CC1(O[Si](C)(C)C(C)(C)C)CCC2C(C1)c1c(n[c-][nH]c1=O)OC2(C)C.[CH3-].[Y]. The van der Waals surface area contributed by atoms with Crippen molar-refractivity contribution < 1.29 is 41.9 Å². The summed E-state index contributed by atoms with van der Waals surface area (Å²) < 4.78 is 13.0. The summed E-state index contributed by atoms with van der Waals surface area (Å²) in [5.41, 5.74) is -0.0132. The van der Waals surface area contributed by atoms with Crippen LogP contribution in [0.3, 0.4) is 0 Å². The van der Waals surface area contributed by atoms with Crippen molar-refractivity contribution in [3.8, 4) is 5.88 Å². The molecule has 1 aromatic heterocycles. The maximum Gasteiger partial charge on any atom is 0.192 e. The van der Waals surface area contributed by atoms with Crippen LogP contribution in [-0.4, -0.2) is 29.5 Å². The molecule has 1 aliphatic heterocycles. The first-order valence-electron chi connectivity index (χ1n) is 9.65. The van der Waals surface area contributed by atoms with Gasteiger partial charge in [0.25, 0.3) is 0 Å². The number of rotatable bonds is 2. The molecule has 1 fully saturated rings. The molecule has 1 radical (unpaired) electrons. The fraction of sp³-hybridized carbons (Fsp3) is 0.762. The molecule has 157 valence electrons. The number of aromatic nitrogens is 2. The monoisotopic (exact) mass is 481 g/mol. The Labute approximate surface area is 196 Å². The summed E-state index contributed by atoms with van der Waals surface area (Å²) in [6, 6.07) is 0. The molecule has 3 atom stereocenters.